The Labute approximate surface area is 137 Å². The predicted octanol–water partition coefficient (Wildman–Crippen LogP) is 1.06. The van der Waals surface area contributed by atoms with Crippen LogP contribution in [0, 0.1) is 6.92 Å². The second kappa shape index (κ2) is 9.42. The van der Waals surface area contributed by atoms with Gasteiger partial charge in [-0.3, -0.25) is 9.69 Å². The Balaban J connectivity index is 1.84. The van der Waals surface area contributed by atoms with E-state index < -0.39 is 0 Å². The summed E-state index contributed by atoms with van der Waals surface area (Å²) in [5, 5.41) is 6.16. The lowest BCUT2D eigenvalue weighted by atomic mass is 10.3. The predicted molar refractivity (Wildman–Crippen MR) is 89.8 cm³/mol. The lowest BCUT2D eigenvalue weighted by Gasteiger charge is -2.26. The van der Waals surface area contributed by atoms with Crippen LogP contribution in [-0.4, -0.2) is 66.7 Å². The van der Waals surface area contributed by atoms with Crippen LogP contribution in [0.25, 0.3) is 0 Å². The van der Waals surface area contributed by atoms with Gasteiger partial charge in [0, 0.05) is 38.8 Å². The monoisotopic (exact) mass is 321 g/mol. The van der Waals surface area contributed by atoms with Gasteiger partial charge in [-0.25, -0.2) is 9.97 Å². The van der Waals surface area contributed by atoms with Crippen molar-refractivity contribution in [3.63, 3.8) is 0 Å². The number of anilines is 1. The summed E-state index contributed by atoms with van der Waals surface area (Å²) in [4.78, 5) is 23.0. The number of hydrogen-bond donors (Lipinski definition) is 2. The van der Waals surface area contributed by atoms with Gasteiger partial charge in [0.05, 0.1) is 13.2 Å². The van der Waals surface area contributed by atoms with Gasteiger partial charge in [-0.2, -0.15) is 0 Å². The molecule has 0 aromatic carbocycles. The quantitative estimate of drug-likeness (QED) is 0.697. The van der Waals surface area contributed by atoms with Crippen molar-refractivity contribution in [2.45, 2.75) is 26.7 Å². The largest absolute Gasteiger partial charge is 0.379 e. The first kappa shape index (κ1) is 17.6. The molecule has 1 saturated heterocycles. The standard InChI is InChI=1S/C16H27N5O2/c1-3-4-5-18-16(22)14-12-15(20-13(2)19-14)17-6-7-21-8-10-23-11-9-21/h12H,3-11H2,1-2H3,(H,18,22)(H,17,19,20). The van der Waals surface area contributed by atoms with Gasteiger partial charge in [-0.05, 0) is 13.3 Å². The molecule has 0 spiro atoms. The van der Waals surface area contributed by atoms with Crippen LogP contribution in [0.2, 0.25) is 0 Å². The van der Waals surface area contributed by atoms with E-state index in [0.29, 0.717) is 23.9 Å². The van der Waals surface area contributed by atoms with E-state index in [1.807, 2.05) is 0 Å². The molecule has 1 amide bonds. The molecule has 1 aromatic heterocycles. The van der Waals surface area contributed by atoms with Gasteiger partial charge in [0.1, 0.15) is 17.3 Å². The van der Waals surface area contributed by atoms with Crippen molar-refractivity contribution >= 4 is 11.7 Å². The molecule has 0 unspecified atom stereocenters. The maximum absolute atomic E-state index is 12.1. The topological polar surface area (TPSA) is 79.4 Å². The van der Waals surface area contributed by atoms with Gasteiger partial charge in [0.15, 0.2) is 0 Å². The molecule has 1 aliphatic rings. The summed E-state index contributed by atoms with van der Waals surface area (Å²) in [6.45, 7) is 9.83. The van der Waals surface area contributed by atoms with Gasteiger partial charge < -0.3 is 15.4 Å². The number of nitrogens with one attached hydrogen (secondary N) is 2. The molecule has 0 bridgehead atoms. The third-order valence-corrected chi connectivity index (χ3v) is 3.72. The molecule has 0 atom stereocenters. The van der Waals surface area contributed by atoms with E-state index in [1.165, 1.54) is 0 Å². The Bertz CT molecular complexity index is 503. The van der Waals surface area contributed by atoms with Crippen molar-refractivity contribution < 1.29 is 9.53 Å². The van der Waals surface area contributed by atoms with Gasteiger partial charge in [0.25, 0.3) is 5.91 Å². The fourth-order valence-corrected chi connectivity index (χ4v) is 2.41. The Morgan fingerprint density at radius 1 is 1.30 bits per heavy atom. The van der Waals surface area contributed by atoms with Crippen molar-refractivity contribution in [2.24, 2.45) is 0 Å². The van der Waals surface area contributed by atoms with Crippen LogP contribution in [0.5, 0.6) is 0 Å². The second-order valence-corrected chi connectivity index (χ2v) is 5.68. The van der Waals surface area contributed by atoms with Crippen molar-refractivity contribution in [3.05, 3.63) is 17.6 Å². The first-order valence-electron chi connectivity index (χ1n) is 8.37. The van der Waals surface area contributed by atoms with E-state index in [2.05, 4.69) is 32.4 Å². The van der Waals surface area contributed by atoms with E-state index >= 15 is 0 Å². The minimum absolute atomic E-state index is 0.139. The van der Waals surface area contributed by atoms with Crippen LogP contribution in [0.15, 0.2) is 6.07 Å². The minimum atomic E-state index is -0.139. The molecule has 1 fully saturated rings. The van der Waals surface area contributed by atoms with E-state index in [-0.39, 0.29) is 5.91 Å². The number of aryl methyl sites for hydroxylation is 1. The molecule has 0 saturated carbocycles. The van der Waals surface area contributed by atoms with Crippen LogP contribution in [0.3, 0.4) is 0 Å². The second-order valence-electron chi connectivity index (χ2n) is 5.68. The average Bonchev–Trinajstić information content (AvgIpc) is 2.55. The number of carbonyl (C=O) groups is 1. The fourth-order valence-electron chi connectivity index (χ4n) is 2.41. The summed E-state index contributed by atoms with van der Waals surface area (Å²) in [6, 6.07) is 1.72. The van der Waals surface area contributed by atoms with Crippen LogP contribution in [-0.2, 0) is 4.74 Å². The van der Waals surface area contributed by atoms with Crippen LogP contribution < -0.4 is 10.6 Å². The molecule has 23 heavy (non-hydrogen) atoms. The summed E-state index contributed by atoms with van der Waals surface area (Å²) in [7, 11) is 0. The van der Waals surface area contributed by atoms with Gasteiger partial charge in [0.2, 0.25) is 0 Å². The van der Waals surface area contributed by atoms with E-state index in [0.717, 1.165) is 52.2 Å². The highest BCUT2D eigenvalue weighted by Crippen LogP contribution is 2.07. The maximum Gasteiger partial charge on any atom is 0.270 e. The summed E-state index contributed by atoms with van der Waals surface area (Å²) >= 11 is 0. The zero-order valence-corrected chi connectivity index (χ0v) is 14.1. The first-order chi connectivity index (χ1) is 11.2. The van der Waals surface area contributed by atoms with E-state index in [4.69, 9.17) is 4.74 Å². The van der Waals surface area contributed by atoms with Crippen molar-refractivity contribution in [1.29, 1.82) is 0 Å². The number of carbonyl (C=O) groups excluding carboxylic acids is 1. The summed E-state index contributed by atoms with van der Waals surface area (Å²) in [6.07, 6.45) is 2.03. The molecule has 7 nitrogen and oxygen atoms in total. The number of aromatic nitrogens is 2. The molecule has 0 aliphatic carbocycles. The van der Waals surface area contributed by atoms with E-state index in [1.54, 1.807) is 13.0 Å². The van der Waals surface area contributed by atoms with Gasteiger partial charge in [-0.1, -0.05) is 13.3 Å². The molecule has 2 N–H and O–H groups in total. The normalized spacial score (nSPS) is 15.4. The van der Waals surface area contributed by atoms with Crippen LogP contribution >= 0.6 is 0 Å². The number of rotatable bonds is 8. The molecule has 7 heteroatoms. The maximum atomic E-state index is 12.1. The number of nitrogens with zero attached hydrogens (tertiary/aromatic N) is 3. The zero-order valence-electron chi connectivity index (χ0n) is 14.1. The molecular formula is C16H27N5O2. The Morgan fingerprint density at radius 2 is 2.09 bits per heavy atom. The lowest BCUT2D eigenvalue weighted by molar-refractivity contribution is 0.0398. The summed E-state index contributed by atoms with van der Waals surface area (Å²) < 4.78 is 5.34. The summed E-state index contributed by atoms with van der Waals surface area (Å²) in [5.41, 5.74) is 0.419. The molecule has 1 aromatic rings. The molecular weight excluding hydrogens is 294 g/mol. The number of amides is 1. The molecule has 2 rings (SSSR count). The zero-order chi connectivity index (χ0) is 16.5. The fraction of sp³-hybridized carbons (Fsp3) is 0.688. The van der Waals surface area contributed by atoms with Crippen molar-refractivity contribution in [3.8, 4) is 0 Å². The van der Waals surface area contributed by atoms with Gasteiger partial charge in [-0.15, -0.1) is 0 Å². The Hall–Kier alpha value is -1.73. The van der Waals surface area contributed by atoms with Crippen molar-refractivity contribution in [2.75, 3.05) is 51.3 Å². The molecule has 128 valence electrons. The Kier molecular flexibility index (Phi) is 7.22. The number of unbranched alkanes of at least 4 members (excludes halogenated alkanes) is 1. The van der Waals surface area contributed by atoms with E-state index in [9.17, 15) is 4.79 Å². The number of morpholine rings is 1. The smallest absolute Gasteiger partial charge is 0.270 e. The lowest BCUT2D eigenvalue weighted by Crippen LogP contribution is -2.39. The number of hydrogen-bond acceptors (Lipinski definition) is 6. The highest BCUT2D eigenvalue weighted by molar-refractivity contribution is 5.92. The molecule has 0 radical (unpaired) electrons. The number of ether oxygens (including phenoxy) is 1. The van der Waals surface area contributed by atoms with Crippen molar-refractivity contribution in [1.82, 2.24) is 20.2 Å². The molecule has 1 aliphatic heterocycles. The third-order valence-electron chi connectivity index (χ3n) is 3.72. The average molecular weight is 321 g/mol. The highest BCUT2D eigenvalue weighted by Gasteiger charge is 2.11. The van der Waals surface area contributed by atoms with Crippen LogP contribution in [0.4, 0.5) is 5.82 Å². The molecule has 2 heterocycles. The highest BCUT2D eigenvalue weighted by atomic mass is 16.5. The van der Waals surface area contributed by atoms with Crippen LogP contribution in [0.1, 0.15) is 36.1 Å². The summed E-state index contributed by atoms with van der Waals surface area (Å²) in [5.74, 6) is 1.16. The van der Waals surface area contributed by atoms with Gasteiger partial charge >= 0.3 is 0 Å². The Morgan fingerprint density at radius 3 is 2.83 bits per heavy atom. The first-order valence-corrected chi connectivity index (χ1v) is 8.37. The third kappa shape index (κ3) is 6.11. The SMILES string of the molecule is CCCCNC(=O)c1cc(NCCN2CCOCC2)nc(C)n1. The minimum Gasteiger partial charge on any atom is -0.379 e.